The molecule has 0 radical (unpaired) electrons. The van der Waals surface area contributed by atoms with Gasteiger partial charge >= 0.3 is 5.97 Å². The van der Waals surface area contributed by atoms with Crippen LogP contribution in [0, 0.1) is 5.41 Å². The molecule has 0 saturated heterocycles. The van der Waals surface area contributed by atoms with Gasteiger partial charge in [-0.3, -0.25) is 4.79 Å². The molecule has 0 atom stereocenters. The lowest BCUT2D eigenvalue weighted by atomic mass is 9.77. The fourth-order valence-corrected chi connectivity index (χ4v) is 4.22. The summed E-state index contributed by atoms with van der Waals surface area (Å²) >= 11 is 0. The minimum atomic E-state index is -0.676. The molecule has 152 valence electrons. The number of benzene rings is 1. The lowest BCUT2D eigenvalue weighted by Crippen LogP contribution is -2.21. The third-order valence-corrected chi connectivity index (χ3v) is 5.87. The van der Waals surface area contributed by atoms with E-state index >= 15 is 0 Å². The summed E-state index contributed by atoms with van der Waals surface area (Å²) in [6.07, 6.45) is 9.97. The van der Waals surface area contributed by atoms with Gasteiger partial charge in [-0.25, -0.2) is 4.98 Å². The van der Waals surface area contributed by atoms with Crippen LogP contribution in [0.25, 0.3) is 12.2 Å². The molecule has 1 saturated carbocycles. The summed E-state index contributed by atoms with van der Waals surface area (Å²) in [4.78, 5) is 15.8. The van der Waals surface area contributed by atoms with E-state index in [2.05, 4.69) is 30.3 Å². The molecule has 1 aromatic heterocycles. The molecule has 4 heteroatoms. The van der Waals surface area contributed by atoms with E-state index in [1.807, 2.05) is 24.3 Å². The first kappa shape index (κ1) is 20.8. The maximum absolute atomic E-state index is 11.2. The van der Waals surface area contributed by atoms with Crippen molar-refractivity contribution in [1.29, 1.82) is 0 Å². The van der Waals surface area contributed by atoms with Gasteiger partial charge in [0.2, 0.25) is 0 Å². The van der Waals surface area contributed by atoms with E-state index in [4.69, 9.17) is 4.74 Å². The molecule has 2 aromatic rings. The molecule has 1 N–H and O–H groups in total. The number of hydrogen-bond donors (Lipinski definition) is 1. The van der Waals surface area contributed by atoms with Crippen molar-refractivity contribution in [2.24, 2.45) is 5.41 Å². The molecule has 1 heterocycles. The fourth-order valence-electron chi connectivity index (χ4n) is 4.22. The molecule has 29 heavy (non-hydrogen) atoms. The number of carbonyl (C=O) groups is 1. The lowest BCUT2D eigenvalue weighted by Gasteiger charge is -2.27. The summed E-state index contributed by atoms with van der Waals surface area (Å²) in [5.41, 5.74) is 3.80. The predicted octanol–water partition coefficient (Wildman–Crippen LogP) is 5.91. The van der Waals surface area contributed by atoms with Crippen molar-refractivity contribution in [1.82, 2.24) is 4.98 Å². The van der Waals surface area contributed by atoms with Crippen molar-refractivity contribution in [3.8, 4) is 5.75 Å². The summed E-state index contributed by atoms with van der Waals surface area (Å²) in [5.74, 6) is 0.120. The average molecular weight is 392 g/mol. The Bertz CT molecular complexity index is 864. The van der Waals surface area contributed by atoms with Crippen molar-refractivity contribution in [3.05, 3.63) is 72.1 Å². The third-order valence-electron chi connectivity index (χ3n) is 5.87. The number of aliphatic carboxylic acids is 1. The highest BCUT2D eigenvalue weighted by molar-refractivity contribution is 5.67. The first-order valence-electron chi connectivity index (χ1n) is 10.2. The van der Waals surface area contributed by atoms with E-state index in [0.717, 1.165) is 61.2 Å². The Morgan fingerprint density at radius 2 is 1.83 bits per heavy atom. The number of rotatable bonds is 10. The monoisotopic (exact) mass is 391 g/mol. The highest BCUT2D eigenvalue weighted by Gasteiger charge is 2.35. The van der Waals surface area contributed by atoms with Crippen LogP contribution in [-0.4, -0.2) is 16.1 Å². The van der Waals surface area contributed by atoms with Crippen molar-refractivity contribution >= 4 is 18.1 Å². The standard InChI is InChI=1S/C25H29NO3/c1-3-20-9-10-21(26-23(20)4-2)18-29-22-11-7-19(8-12-22)13-16-25(17-24(27)28)14-5-6-15-25/h3-4,7-12H,1-2,5-6,13-18H2,(H,27,28). The van der Waals surface area contributed by atoms with Gasteiger partial charge in [0.1, 0.15) is 12.4 Å². The quantitative estimate of drug-likeness (QED) is 0.546. The molecule has 4 nitrogen and oxygen atoms in total. The molecule has 3 rings (SSSR count). The van der Waals surface area contributed by atoms with Crippen LogP contribution in [0.3, 0.4) is 0 Å². The van der Waals surface area contributed by atoms with Gasteiger partial charge in [-0.05, 0) is 66.5 Å². The Morgan fingerprint density at radius 3 is 2.45 bits per heavy atom. The summed E-state index contributed by atoms with van der Waals surface area (Å²) in [7, 11) is 0. The second-order valence-corrected chi connectivity index (χ2v) is 7.90. The number of carboxylic acids is 1. The first-order valence-corrected chi connectivity index (χ1v) is 10.2. The van der Waals surface area contributed by atoms with E-state index in [9.17, 15) is 9.90 Å². The van der Waals surface area contributed by atoms with Gasteiger partial charge in [0.25, 0.3) is 0 Å². The number of carboxylic acid groups (broad SMARTS) is 1. The van der Waals surface area contributed by atoms with Crippen LogP contribution in [-0.2, 0) is 17.8 Å². The number of nitrogens with zero attached hydrogens (tertiary/aromatic N) is 1. The number of aromatic nitrogens is 1. The van der Waals surface area contributed by atoms with E-state index in [-0.39, 0.29) is 5.41 Å². The van der Waals surface area contributed by atoms with Crippen LogP contribution >= 0.6 is 0 Å². The summed E-state index contributed by atoms with van der Waals surface area (Å²) in [5, 5.41) is 9.26. The summed E-state index contributed by atoms with van der Waals surface area (Å²) in [6, 6.07) is 12.0. The van der Waals surface area contributed by atoms with E-state index in [1.54, 1.807) is 12.2 Å². The Labute approximate surface area is 173 Å². The van der Waals surface area contributed by atoms with Crippen LogP contribution in [0.2, 0.25) is 0 Å². The molecule has 1 aliphatic carbocycles. The number of pyridine rings is 1. The predicted molar refractivity (Wildman–Crippen MR) is 117 cm³/mol. The van der Waals surface area contributed by atoms with E-state index in [0.29, 0.717) is 13.0 Å². The zero-order valence-corrected chi connectivity index (χ0v) is 16.9. The van der Waals surface area contributed by atoms with Gasteiger partial charge < -0.3 is 9.84 Å². The van der Waals surface area contributed by atoms with Crippen LogP contribution in [0.1, 0.15) is 61.0 Å². The Hall–Kier alpha value is -2.88. The topological polar surface area (TPSA) is 59.4 Å². The molecule has 1 aromatic carbocycles. The maximum atomic E-state index is 11.2. The highest BCUT2D eigenvalue weighted by atomic mass is 16.5. The second-order valence-electron chi connectivity index (χ2n) is 7.90. The van der Waals surface area contributed by atoms with Crippen molar-refractivity contribution in [2.45, 2.75) is 51.6 Å². The molecule has 0 amide bonds. The minimum Gasteiger partial charge on any atom is -0.487 e. The van der Waals surface area contributed by atoms with Crippen molar-refractivity contribution in [3.63, 3.8) is 0 Å². The zero-order chi connectivity index (χ0) is 20.7. The molecule has 0 unspecified atom stereocenters. The van der Waals surface area contributed by atoms with Crippen LogP contribution < -0.4 is 4.74 Å². The lowest BCUT2D eigenvalue weighted by molar-refractivity contribution is -0.139. The average Bonchev–Trinajstić information content (AvgIpc) is 3.19. The largest absolute Gasteiger partial charge is 0.487 e. The molecule has 0 spiro atoms. The molecular formula is C25H29NO3. The second kappa shape index (κ2) is 9.55. The van der Waals surface area contributed by atoms with Gasteiger partial charge in [-0.15, -0.1) is 0 Å². The number of aryl methyl sites for hydroxylation is 1. The maximum Gasteiger partial charge on any atom is 0.303 e. The van der Waals surface area contributed by atoms with Gasteiger partial charge in [0.05, 0.1) is 17.8 Å². The number of ether oxygens (including phenoxy) is 1. The molecule has 1 aliphatic rings. The molecular weight excluding hydrogens is 362 g/mol. The Morgan fingerprint density at radius 1 is 1.10 bits per heavy atom. The normalized spacial score (nSPS) is 15.0. The molecule has 0 aliphatic heterocycles. The van der Waals surface area contributed by atoms with Crippen molar-refractivity contribution < 1.29 is 14.6 Å². The first-order chi connectivity index (χ1) is 14.0. The van der Waals surface area contributed by atoms with E-state index in [1.165, 1.54) is 5.56 Å². The van der Waals surface area contributed by atoms with E-state index < -0.39 is 5.97 Å². The van der Waals surface area contributed by atoms with Gasteiger partial charge in [0, 0.05) is 0 Å². The van der Waals surface area contributed by atoms with Gasteiger partial charge in [0.15, 0.2) is 0 Å². The fraction of sp³-hybridized carbons (Fsp3) is 0.360. The Balaban J connectivity index is 1.55. The third kappa shape index (κ3) is 5.57. The minimum absolute atomic E-state index is 0.0207. The van der Waals surface area contributed by atoms with Crippen LogP contribution in [0.4, 0.5) is 0 Å². The van der Waals surface area contributed by atoms with Crippen LogP contribution in [0.15, 0.2) is 49.6 Å². The molecule has 0 bridgehead atoms. The smallest absolute Gasteiger partial charge is 0.303 e. The summed E-state index contributed by atoms with van der Waals surface area (Å²) < 4.78 is 5.87. The van der Waals surface area contributed by atoms with Crippen LogP contribution in [0.5, 0.6) is 5.75 Å². The Kier molecular flexibility index (Phi) is 6.86. The highest BCUT2D eigenvalue weighted by Crippen LogP contribution is 2.44. The zero-order valence-electron chi connectivity index (χ0n) is 16.9. The summed E-state index contributed by atoms with van der Waals surface area (Å²) in [6.45, 7) is 7.96. The molecule has 1 fully saturated rings. The SMILES string of the molecule is C=Cc1ccc(COc2ccc(CCC3(CC(=O)O)CCCC3)cc2)nc1C=C. The van der Waals surface area contributed by atoms with Crippen molar-refractivity contribution in [2.75, 3.05) is 0 Å². The van der Waals surface area contributed by atoms with Gasteiger partial charge in [-0.1, -0.05) is 50.3 Å². The number of hydrogen-bond acceptors (Lipinski definition) is 3. The van der Waals surface area contributed by atoms with Gasteiger partial charge in [-0.2, -0.15) is 0 Å².